The molecule has 0 aliphatic rings. The molecule has 1 rings (SSSR count). The Bertz CT molecular complexity index is 142. The quantitative estimate of drug-likeness (QED) is 0.576. The molecule has 0 saturated heterocycles. The highest BCUT2D eigenvalue weighted by Crippen LogP contribution is 2.20. The molecule has 0 N–H and O–H groups in total. The molecule has 2 heteroatoms. The second-order valence-electron chi connectivity index (χ2n) is 1.73. The molecule has 0 aromatic carbocycles. The second-order valence-corrected chi connectivity index (χ2v) is 3.29. The first-order valence-electron chi connectivity index (χ1n) is 2.51. The molecule has 0 nitrogen and oxygen atoms in total. The largest absolute Gasteiger partial charge is 0.171 e. The Morgan fingerprint density at radius 1 is 1.75 bits per heavy atom. The minimum atomic E-state index is 0.390. The van der Waals surface area contributed by atoms with Crippen molar-refractivity contribution in [2.75, 3.05) is 0 Å². The Morgan fingerprint density at radius 3 is 2.75 bits per heavy atom. The fourth-order valence-corrected chi connectivity index (χ4v) is 1.53. The van der Waals surface area contributed by atoms with Crippen LogP contribution in [-0.4, -0.2) is 0 Å². The predicted octanol–water partition coefficient (Wildman–Crippen LogP) is 2.74. The average Bonchev–Trinajstić information content (AvgIpc) is 2.12. The van der Waals surface area contributed by atoms with E-state index < -0.39 is 0 Å². The van der Waals surface area contributed by atoms with Crippen LogP contribution in [0.15, 0.2) is 16.8 Å². The molecule has 44 valence electrons. The summed E-state index contributed by atoms with van der Waals surface area (Å²) in [4.78, 5) is 0. The maximum absolute atomic E-state index is 4.26. The number of thiophene rings is 1. The molecule has 0 aliphatic heterocycles. The molecule has 0 spiro atoms. The fraction of sp³-hybridized carbons (Fsp3) is 0.333. The van der Waals surface area contributed by atoms with E-state index in [4.69, 9.17) is 0 Å². The van der Waals surface area contributed by atoms with Gasteiger partial charge in [0.2, 0.25) is 0 Å². The zero-order valence-electron chi connectivity index (χ0n) is 4.66. The van der Waals surface area contributed by atoms with E-state index in [0.29, 0.717) is 5.25 Å². The van der Waals surface area contributed by atoms with E-state index >= 15 is 0 Å². The standard InChI is InChI=1S/C6H8S2/c1-5(7)6-2-3-8-4-6/h2-5,7H,1H3. The van der Waals surface area contributed by atoms with Crippen LogP contribution in [0.25, 0.3) is 0 Å². The van der Waals surface area contributed by atoms with Gasteiger partial charge in [0.05, 0.1) is 0 Å². The number of rotatable bonds is 1. The first-order chi connectivity index (χ1) is 3.80. The van der Waals surface area contributed by atoms with E-state index in [1.165, 1.54) is 5.56 Å². The van der Waals surface area contributed by atoms with Crippen molar-refractivity contribution in [1.82, 2.24) is 0 Å². The smallest absolute Gasteiger partial charge is 0.0247 e. The van der Waals surface area contributed by atoms with E-state index in [1.54, 1.807) is 11.3 Å². The van der Waals surface area contributed by atoms with Crippen molar-refractivity contribution in [1.29, 1.82) is 0 Å². The lowest BCUT2D eigenvalue weighted by Gasteiger charge is -1.95. The summed E-state index contributed by atoms with van der Waals surface area (Å²) in [5.74, 6) is 0. The highest BCUT2D eigenvalue weighted by Gasteiger charge is 1.96. The molecule has 0 radical (unpaired) electrons. The average molecular weight is 144 g/mol. The first-order valence-corrected chi connectivity index (χ1v) is 3.97. The Labute approximate surface area is 59.0 Å². The van der Waals surface area contributed by atoms with Crippen molar-refractivity contribution in [3.05, 3.63) is 22.4 Å². The minimum absolute atomic E-state index is 0.390. The van der Waals surface area contributed by atoms with Gasteiger partial charge in [-0.15, -0.1) is 0 Å². The van der Waals surface area contributed by atoms with Gasteiger partial charge in [0.15, 0.2) is 0 Å². The summed E-state index contributed by atoms with van der Waals surface area (Å²) in [6.45, 7) is 2.07. The first kappa shape index (κ1) is 6.17. The predicted molar refractivity (Wildman–Crippen MR) is 41.7 cm³/mol. The van der Waals surface area contributed by atoms with Crippen LogP contribution in [0, 0.1) is 0 Å². The molecular formula is C6H8S2. The van der Waals surface area contributed by atoms with Gasteiger partial charge in [-0.3, -0.25) is 0 Å². The zero-order valence-corrected chi connectivity index (χ0v) is 6.38. The van der Waals surface area contributed by atoms with Crippen molar-refractivity contribution < 1.29 is 0 Å². The minimum Gasteiger partial charge on any atom is -0.171 e. The highest BCUT2D eigenvalue weighted by atomic mass is 32.1. The van der Waals surface area contributed by atoms with Crippen LogP contribution in [-0.2, 0) is 0 Å². The SMILES string of the molecule is CC(S)c1ccsc1. The van der Waals surface area contributed by atoms with Gasteiger partial charge in [-0.05, 0) is 29.3 Å². The molecule has 0 amide bonds. The molecule has 1 unspecified atom stereocenters. The van der Waals surface area contributed by atoms with Crippen LogP contribution >= 0.6 is 24.0 Å². The lowest BCUT2D eigenvalue weighted by molar-refractivity contribution is 1.13. The molecule has 1 heterocycles. The Balaban J connectivity index is 2.77. The number of hydrogen-bond acceptors (Lipinski definition) is 2. The molecular weight excluding hydrogens is 136 g/mol. The van der Waals surface area contributed by atoms with Crippen LogP contribution in [0.5, 0.6) is 0 Å². The van der Waals surface area contributed by atoms with Crippen LogP contribution in [0.3, 0.4) is 0 Å². The van der Waals surface area contributed by atoms with Gasteiger partial charge >= 0.3 is 0 Å². The molecule has 0 bridgehead atoms. The molecule has 0 saturated carbocycles. The van der Waals surface area contributed by atoms with Gasteiger partial charge in [-0.2, -0.15) is 24.0 Å². The number of hydrogen-bond donors (Lipinski definition) is 1. The Hall–Kier alpha value is 0.0500. The third-order valence-electron chi connectivity index (χ3n) is 1.03. The lowest BCUT2D eigenvalue weighted by Crippen LogP contribution is -1.75. The maximum Gasteiger partial charge on any atom is 0.0247 e. The van der Waals surface area contributed by atoms with Crippen LogP contribution in [0.2, 0.25) is 0 Å². The third-order valence-corrected chi connectivity index (χ3v) is 2.03. The summed E-state index contributed by atoms with van der Waals surface area (Å²) in [7, 11) is 0. The Kier molecular flexibility index (Phi) is 1.97. The van der Waals surface area contributed by atoms with E-state index in [-0.39, 0.29) is 0 Å². The van der Waals surface area contributed by atoms with Crippen LogP contribution in [0.4, 0.5) is 0 Å². The van der Waals surface area contributed by atoms with E-state index in [9.17, 15) is 0 Å². The van der Waals surface area contributed by atoms with Crippen LogP contribution < -0.4 is 0 Å². The number of thiol groups is 1. The molecule has 0 fully saturated rings. The molecule has 1 aromatic heterocycles. The summed E-state index contributed by atoms with van der Waals surface area (Å²) in [6, 6.07) is 2.10. The van der Waals surface area contributed by atoms with Gasteiger partial charge in [-0.1, -0.05) is 0 Å². The topological polar surface area (TPSA) is 0 Å². The fourth-order valence-electron chi connectivity index (χ4n) is 0.513. The Morgan fingerprint density at radius 2 is 2.50 bits per heavy atom. The molecule has 1 atom stereocenters. The van der Waals surface area contributed by atoms with Gasteiger partial charge in [0.1, 0.15) is 0 Å². The van der Waals surface area contributed by atoms with Gasteiger partial charge in [0.25, 0.3) is 0 Å². The summed E-state index contributed by atoms with van der Waals surface area (Å²) in [6.07, 6.45) is 0. The zero-order chi connectivity index (χ0) is 5.98. The third kappa shape index (κ3) is 1.26. The summed E-state index contributed by atoms with van der Waals surface area (Å²) in [5, 5.41) is 4.58. The maximum atomic E-state index is 4.26. The van der Waals surface area contributed by atoms with Gasteiger partial charge in [-0.25, -0.2) is 0 Å². The van der Waals surface area contributed by atoms with Gasteiger partial charge < -0.3 is 0 Å². The summed E-state index contributed by atoms with van der Waals surface area (Å²) < 4.78 is 0. The van der Waals surface area contributed by atoms with E-state index in [2.05, 4.69) is 36.4 Å². The van der Waals surface area contributed by atoms with Crippen molar-refractivity contribution >= 4 is 24.0 Å². The monoisotopic (exact) mass is 144 g/mol. The van der Waals surface area contributed by atoms with Crippen molar-refractivity contribution in [3.63, 3.8) is 0 Å². The summed E-state index contributed by atoms with van der Waals surface area (Å²) >= 11 is 5.98. The molecule has 8 heavy (non-hydrogen) atoms. The molecule has 1 aromatic rings. The van der Waals surface area contributed by atoms with Crippen molar-refractivity contribution in [3.8, 4) is 0 Å². The van der Waals surface area contributed by atoms with Gasteiger partial charge in [0, 0.05) is 5.25 Å². The normalized spacial score (nSPS) is 13.8. The summed E-state index contributed by atoms with van der Waals surface area (Å²) in [5.41, 5.74) is 1.32. The van der Waals surface area contributed by atoms with Crippen molar-refractivity contribution in [2.45, 2.75) is 12.2 Å². The van der Waals surface area contributed by atoms with Crippen LogP contribution in [0.1, 0.15) is 17.7 Å². The van der Waals surface area contributed by atoms with E-state index in [0.717, 1.165) is 0 Å². The molecule has 0 aliphatic carbocycles. The van der Waals surface area contributed by atoms with E-state index in [1.807, 2.05) is 0 Å². The lowest BCUT2D eigenvalue weighted by atomic mass is 10.3. The van der Waals surface area contributed by atoms with Crippen molar-refractivity contribution in [2.24, 2.45) is 0 Å². The highest BCUT2D eigenvalue weighted by molar-refractivity contribution is 7.80. The second kappa shape index (κ2) is 2.55.